The Morgan fingerprint density at radius 1 is 0.566 bits per heavy atom. The number of aliphatic carboxylic acids is 1. The number of primary amides is 2. The number of nitrogens with two attached hydrogens (primary N) is 2. The van der Waals surface area contributed by atoms with Crippen LogP contribution in [-0.4, -0.2) is 58.6 Å². The molecule has 1 saturated carbocycles. The summed E-state index contributed by atoms with van der Waals surface area (Å²) in [6.45, 7) is 0. The molecule has 0 aromatic heterocycles. The molecule has 4 aromatic carbocycles. The molecule has 276 valence electrons. The average Bonchev–Trinajstić information content (AvgIpc) is 3.14. The van der Waals surface area contributed by atoms with E-state index in [1.165, 1.54) is 0 Å². The van der Waals surface area contributed by atoms with E-state index in [-0.39, 0.29) is 44.9 Å². The molecule has 4 aromatic rings. The van der Waals surface area contributed by atoms with Crippen molar-refractivity contribution in [3.63, 3.8) is 0 Å². The van der Waals surface area contributed by atoms with Gasteiger partial charge < -0.3 is 37.8 Å². The molecule has 5 atom stereocenters. The maximum atomic E-state index is 13.7. The van der Waals surface area contributed by atoms with E-state index in [0.29, 0.717) is 11.4 Å². The SMILES string of the molecule is NC(=O)CC[C@H](NC(=O)[C@@H]1C[C@H](C(=O)O)C[C@H](C(=O)N[C@@H](CCC(N)=O)C(=O)Nc2ccc3ccccc3c2)C1)C(=O)Nc1ccc2ccccc2c1. The van der Waals surface area contributed by atoms with Crippen LogP contribution in [0.4, 0.5) is 11.4 Å². The zero-order valence-electron chi connectivity index (χ0n) is 28.9. The molecule has 53 heavy (non-hydrogen) atoms. The summed E-state index contributed by atoms with van der Waals surface area (Å²) in [5, 5.41) is 24.4. The Kier molecular flexibility index (Phi) is 12.4. The summed E-state index contributed by atoms with van der Waals surface area (Å²) in [5.41, 5.74) is 11.6. The number of fused-ring (bicyclic) bond motifs is 2. The number of hydrogen-bond donors (Lipinski definition) is 7. The number of rotatable bonds is 15. The molecule has 1 aliphatic rings. The molecule has 0 heterocycles. The number of carbonyl (C=O) groups excluding carboxylic acids is 6. The molecule has 1 fully saturated rings. The standard InChI is InChI=1S/C39H42N6O8/c40-33(46)15-13-31(37(50)42-29-11-9-22-5-1-3-7-24(22)20-29)44-35(48)26-17-27(19-28(18-26)39(52)53)36(49)45-32(14-16-34(41)47)38(51)43-30-12-10-23-6-2-4-8-25(23)21-30/h1-12,20-21,26-28,31-32H,13-19H2,(H2,40,46)(H2,41,47)(H,42,50)(H,43,51)(H,44,48)(H,45,49)(H,52,53)/t26-,27+,28-,31-,32-/m0/s1. The van der Waals surface area contributed by atoms with Crippen molar-refractivity contribution in [2.24, 2.45) is 29.2 Å². The highest BCUT2D eigenvalue weighted by Gasteiger charge is 2.41. The van der Waals surface area contributed by atoms with Gasteiger partial charge in [0.15, 0.2) is 0 Å². The van der Waals surface area contributed by atoms with E-state index in [1.807, 2.05) is 60.7 Å². The van der Waals surface area contributed by atoms with Gasteiger partial charge in [-0.1, -0.05) is 60.7 Å². The highest BCUT2D eigenvalue weighted by atomic mass is 16.4. The number of carboxylic acid groups (broad SMARTS) is 1. The van der Waals surface area contributed by atoms with Crippen molar-refractivity contribution >= 4 is 74.3 Å². The van der Waals surface area contributed by atoms with Crippen LogP contribution in [0.15, 0.2) is 84.9 Å². The van der Waals surface area contributed by atoms with Crippen molar-refractivity contribution < 1.29 is 38.7 Å². The van der Waals surface area contributed by atoms with Crippen molar-refractivity contribution in [2.45, 2.75) is 57.0 Å². The van der Waals surface area contributed by atoms with Crippen molar-refractivity contribution in [2.75, 3.05) is 10.6 Å². The molecular formula is C39H42N6O8. The fourth-order valence-corrected chi connectivity index (χ4v) is 6.63. The normalized spacial score (nSPS) is 17.9. The van der Waals surface area contributed by atoms with Gasteiger partial charge in [0.1, 0.15) is 12.1 Å². The minimum absolute atomic E-state index is 0.0783. The molecule has 0 saturated heterocycles. The van der Waals surface area contributed by atoms with E-state index in [4.69, 9.17) is 11.5 Å². The van der Waals surface area contributed by atoms with Gasteiger partial charge >= 0.3 is 5.97 Å². The lowest BCUT2D eigenvalue weighted by Crippen LogP contribution is -2.50. The lowest BCUT2D eigenvalue weighted by Gasteiger charge is -2.33. The zero-order valence-corrected chi connectivity index (χ0v) is 28.9. The third kappa shape index (κ3) is 10.4. The van der Waals surface area contributed by atoms with E-state index in [1.54, 1.807) is 24.3 Å². The first-order chi connectivity index (χ1) is 25.4. The lowest BCUT2D eigenvalue weighted by atomic mass is 9.74. The first kappa shape index (κ1) is 37.9. The molecule has 0 bridgehead atoms. The van der Waals surface area contributed by atoms with Crippen molar-refractivity contribution in [3.8, 4) is 0 Å². The fourth-order valence-electron chi connectivity index (χ4n) is 6.63. The van der Waals surface area contributed by atoms with E-state index in [0.717, 1.165) is 21.5 Å². The Hall–Kier alpha value is -6.31. The average molecular weight is 723 g/mol. The molecule has 14 heteroatoms. The molecular weight excluding hydrogens is 680 g/mol. The highest BCUT2D eigenvalue weighted by Crippen LogP contribution is 2.34. The Morgan fingerprint density at radius 2 is 0.943 bits per heavy atom. The number of benzene rings is 4. The Bertz CT molecular complexity index is 1910. The largest absolute Gasteiger partial charge is 0.481 e. The molecule has 0 radical (unpaired) electrons. The third-order valence-corrected chi connectivity index (χ3v) is 9.46. The third-order valence-electron chi connectivity index (χ3n) is 9.46. The summed E-state index contributed by atoms with van der Waals surface area (Å²) in [4.78, 5) is 89.7. The molecule has 0 aliphatic heterocycles. The fraction of sp³-hybridized carbons (Fsp3) is 0.308. The first-order valence-electron chi connectivity index (χ1n) is 17.4. The van der Waals surface area contributed by atoms with Crippen LogP contribution in [0.2, 0.25) is 0 Å². The predicted molar refractivity (Wildman–Crippen MR) is 198 cm³/mol. The number of hydrogen-bond acceptors (Lipinski definition) is 7. The van der Waals surface area contributed by atoms with Crippen LogP contribution in [0.1, 0.15) is 44.9 Å². The van der Waals surface area contributed by atoms with E-state index < -0.39 is 71.2 Å². The van der Waals surface area contributed by atoms with Crippen LogP contribution in [0, 0.1) is 17.8 Å². The number of nitrogens with one attached hydrogen (secondary N) is 4. The molecule has 0 unspecified atom stereocenters. The van der Waals surface area contributed by atoms with Gasteiger partial charge in [-0.3, -0.25) is 33.6 Å². The molecule has 9 N–H and O–H groups in total. The van der Waals surface area contributed by atoms with Crippen LogP contribution in [-0.2, 0) is 33.6 Å². The van der Waals surface area contributed by atoms with Gasteiger partial charge in [0, 0.05) is 36.1 Å². The second-order valence-electron chi connectivity index (χ2n) is 13.4. The second-order valence-corrected chi connectivity index (χ2v) is 13.4. The van der Waals surface area contributed by atoms with Gasteiger partial charge in [0.2, 0.25) is 35.4 Å². The van der Waals surface area contributed by atoms with Crippen LogP contribution in [0.3, 0.4) is 0 Å². The highest BCUT2D eigenvalue weighted by molar-refractivity contribution is 6.01. The van der Waals surface area contributed by atoms with Crippen LogP contribution in [0.5, 0.6) is 0 Å². The maximum Gasteiger partial charge on any atom is 0.306 e. The number of carboxylic acids is 1. The van der Waals surface area contributed by atoms with Gasteiger partial charge in [-0.25, -0.2) is 0 Å². The summed E-state index contributed by atoms with van der Waals surface area (Å²) in [6.07, 6.45) is -0.943. The summed E-state index contributed by atoms with van der Waals surface area (Å²) in [6, 6.07) is 23.3. The summed E-state index contributed by atoms with van der Waals surface area (Å²) >= 11 is 0. The van der Waals surface area contributed by atoms with E-state index >= 15 is 0 Å². The minimum Gasteiger partial charge on any atom is -0.481 e. The van der Waals surface area contributed by atoms with Gasteiger partial charge in [-0.05, 0) is 77.9 Å². The van der Waals surface area contributed by atoms with E-state index in [2.05, 4.69) is 21.3 Å². The quantitative estimate of drug-likeness (QED) is 0.0959. The summed E-state index contributed by atoms with van der Waals surface area (Å²) in [7, 11) is 0. The van der Waals surface area contributed by atoms with E-state index in [9.17, 15) is 38.7 Å². The molecule has 6 amide bonds. The van der Waals surface area contributed by atoms with Gasteiger partial charge in [-0.15, -0.1) is 0 Å². The Balaban J connectivity index is 1.28. The van der Waals surface area contributed by atoms with Crippen molar-refractivity contribution in [3.05, 3.63) is 84.9 Å². The smallest absolute Gasteiger partial charge is 0.306 e. The van der Waals surface area contributed by atoms with Gasteiger partial charge in [0.05, 0.1) is 5.92 Å². The molecule has 14 nitrogen and oxygen atoms in total. The van der Waals surface area contributed by atoms with Crippen LogP contribution >= 0.6 is 0 Å². The monoisotopic (exact) mass is 722 g/mol. The predicted octanol–water partition coefficient (Wildman–Crippen LogP) is 3.19. The first-order valence-corrected chi connectivity index (χ1v) is 17.4. The number of amides is 6. The van der Waals surface area contributed by atoms with Crippen LogP contribution in [0.25, 0.3) is 21.5 Å². The summed E-state index contributed by atoms with van der Waals surface area (Å²) < 4.78 is 0. The van der Waals surface area contributed by atoms with Crippen molar-refractivity contribution in [1.29, 1.82) is 0 Å². The summed E-state index contributed by atoms with van der Waals surface area (Å²) in [5.74, 6) is -8.21. The van der Waals surface area contributed by atoms with Gasteiger partial charge in [-0.2, -0.15) is 0 Å². The molecule has 1 aliphatic carbocycles. The number of anilines is 2. The van der Waals surface area contributed by atoms with Crippen molar-refractivity contribution in [1.82, 2.24) is 10.6 Å². The Labute approximate surface area is 305 Å². The minimum atomic E-state index is -1.21. The molecule has 5 rings (SSSR count). The number of carbonyl (C=O) groups is 7. The maximum absolute atomic E-state index is 13.7. The van der Waals surface area contributed by atoms with Crippen LogP contribution < -0.4 is 32.7 Å². The Morgan fingerprint density at radius 3 is 1.32 bits per heavy atom. The lowest BCUT2D eigenvalue weighted by molar-refractivity contribution is -0.147. The zero-order chi connectivity index (χ0) is 38.1. The topological polar surface area (TPSA) is 240 Å². The second kappa shape index (κ2) is 17.3. The van der Waals surface area contributed by atoms with Gasteiger partial charge in [0.25, 0.3) is 0 Å². The molecule has 0 spiro atoms.